The van der Waals surface area contributed by atoms with Crippen LogP contribution in [0.2, 0.25) is 10.0 Å². The Bertz CT molecular complexity index is 1470. The topological polar surface area (TPSA) is 113 Å². The van der Waals surface area contributed by atoms with Crippen LogP contribution in [-0.4, -0.2) is 92.1 Å². The summed E-state index contributed by atoms with van der Waals surface area (Å²) in [5, 5.41) is 0.773. The van der Waals surface area contributed by atoms with Gasteiger partial charge in [-0.05, 0) is 74.0 Å². The van der Waals surface area contributed by atoms with E-state index in [2.05, 4.69) is 4.90 Å². The average molecular weight is 680 g/mol. The zero-order valence-electron chi connectivity index (χ0n) is 26.0. The second-order valence-corrected chi connectivity index (χ2v) is 16.0. The van der Waals surface area contributed by atoms with Gasteiger partial charge in [0.05, 0.1) is 29.9 Å². The second kappa shape index (κ2) is 14.3. The third-order valence-corrected chi connectivity index (χ3v) is 12.5. The molecule has 45 heavy (non-hydrogen) atoms. The third-order valence-electron chi connectivity index (χ3n) is 9.70. The van der Waals surface area contributed by atoms with Gasteiger partial charge in [-0.2, -0.15) is 0 Å². The summed E-state index contributed by atoms with van der Waals surface area (Å²) >= 11 is 12.9. The lowest BCUT2D eigenvalue weighted by Gasteiger charge is -2.53. The lowest BCUT2D eigenvalue weighted by Crippen LogP contribution is -2.60. The maximum atomic E-state index is 15.2. The normalized spacial score (nSPS) is 25.4. The van der Waals surface area contributed by atoms with Gasteiger partial charge in [-0.25, -0.2) is 12.7 Å². The number of benzene rings is 2. The minimum absolute atomic E-state index is 0.107. The third kappa shape index (κ3) is 7.68. The molecule has 0 spiro atoms. The van der Waals surface area contributed by atoms with Crippen molar-refractivity contribution in [2.45, 2.75) is 68.7 Å². The van der Waals surface area contributed by atoms with Crippen LogP contribution in [0.4, 0.5) is 0 Å². The highest BCUT2D eigenvalue weighted by Crippen LogP contribution is 2.54. The Labute approximate surface area is 277 Å². The molecule has 1 aliphatic carbocycles. The zero-order valence-corrected chi connectivity index (χ0v) is 28.4. The summed E-state index contributed by atoms with van der Waals surface area (Å²) in [6.45, 7) is 5.45. The van der Waals surface area contributed by atoms with Crippen LogP contribution in [0, 0.1) is 5.41 Å². The van der Waals surface area contributed by atoms with Crippen LogP contribution in [0.3, 0.4) is 0 Å². The molecule has 0 unspecified atom stereocenters. The van der Waals surface area contributed by atoms with E-state index in [4.69, 9.17) is 33.7 Å². The number of morpholine rings is 1. The molecule has 12 heteroatoms. The van der Waals surface area contributed by atoms with Gasteiger partial charge in [-0.1, -0.05) is 54.4 Å². The number of carbonyl (C=O) groups is 2. The van der Waals surface area contributed by atoms with E-state index >= 15 is 4.79 Å². The number of amides is 2. The lowest BCUT2D eigenvalue weighted by atomic mass is 9.64. The predicted octanol–water partition coefficient (Wildman–Crippen LogP) is 4.84. The molecule has 9 nitrogen and oxygen atoms in total. The Kier molecular flexibility index (Phi) is 10.8. The summed E-state index contributed by atoms with van der Waals surface area (Å²) < 4.78 is 33.5. The molecule has 1 saturated carbocycles. The smallest absolute Gasteiger partial charge is 0.230 e. The molecule has 4 atom stereocenters. The number of carbonyl (C=O) groups excluding carboxylic acids is 2. The number of hydrogen-bond donors (Lipinski definition) is 1. The van der Waals surface area contributed by atoms with E-state index in [9.17, 15) is 13.2 Å². The maximum Gasteiger partial charge on any atom is 0.230 e. The highest BCUT2D eigenvalue weighted by molar-refractivity contribution is 7.90. The number of likely N-dealkylation sites (N-methyl/N-ethyl adjacent to an activating group) is 1. The number of sulfonamides is 1. The first-order valence-electron chi connectivity index (χ1n) is 15.8. The number of piperidine rings is 1. The van der Waals surface area contributed by atoms with E-state index in [1.54, 1.807) is 7.05 Å². The fourth-order valence-corrected chi connectivity index (χ4v) is 9.05. The highest BCUT2D eigenvalue weighted by Gasteiger charge is 2.54. The van der Waals surface area contributed by atoms with E-state index in [0.29, 0.717) is 61.9 Å². The van der Waals surface area contributed by atoms with Crippen LogP contribution in [0.5, 0.6) is 0 Å². The summed E-state index contributed by atoms with van der Waals surface area (Å²) in [7, 11) is -1.89. The quantitative estimate of drug-likeness (QED) is 0.325. The number of nitrogens with two attached hydrogens (primary N) is 1. The number of halogens is 2. The van der Waals surface area contributed by atoms with Crippen molar-refractivity contribution in [2.75, 3.05) is 46.4 Å². The molecule has 2 heterocycles. The number of ether oxygens (including phenoxy) is 1. The Hall–Kier alpha value is -2.21. The van der Waals surface area contributed by atoms with E-state index < -0.39 is 33.4 Å². The minimum Gasteiger partial charge on any atom is -0.379 e. The van der Waals surface area contributed by atoms with Crippen molar-refractivity contribution in [3.05, 3.63) is 69.7 Å². The zero-order chi connectivity index (χ0) is 32.4. The molecular weight excluding hydrogens is 635 g/mol. The van der Waals surface area contributed by atoms with Gasteiger partial charge < -0.3 is 15.4 Å². The predicted molar refractivity (Wildman–Crippen MR) is 177 cm³/mol. The van der Waals surface area contributed by atoms with Crippen molar-refractivity contribution in [3.8, 4) is 0 Å². The van der Waals surface area contributed by atoms with E-state index in [1.165, 1.54) is 4.31 Å². The Morgan fingerprint density at radius 1 is 1.09 bits per heavy atom. The monoisotopic (exact) mass is 678 g/mol. The van der Waals surface area contributed by atoms with Crippen LogP contribution in [-0.2, 0) is 24.3 Å². The molecule has 2 aromatic carbocycles. The fraction of sp³-hybridized carbons (Fsp3) is 0.576. The van der Waals surface area contributed by atoms with Gasteiger partial charge in [-0.3, -0.25) is 14.5 Å². The molecule has 2 N–H and O–H groups in total. The van der Waals surface area contributed by atoms with Gasteiger partial charge in [-0.15, -0.1) is 0 Å². The maximum absolute atomic E-state index is 15.2. The summed E-state index contributed by atoms with van der Waals surface area (Å²) in [4.78, 5) is 32.1. The number of primary amides is 1. The SMILES string of the molecule is CC[C@@H](CN(C)S(=O)(=O)C1CC1)N1C(=O)[C@@](CCN2CCOCC2)(CC(N)=O)C[C@H](c2cccc(Cl)c2)[C@H]1c1ccc(Cl)cc1. The fourth-order valence-electron chi connectivity index (χ4n) is 7.11. The minimum atomic E-state index is -3.49. The summed E-state index contributed by atoms with van der Waals surface area (Å²) in [6, 6.07) is 14.2. The van der Waals surface area contributed by atoms with Crippen molar-refractivity contribution >= 4 is 45.0 Å². The first-order valence-corrected chi connectivity index (χ1v) is 18.1. The van der Waals surface area contributed by atoms with Crippen LogP contribution < -0.4 is 5.73 Å². The standard InChI is InChI=1S/C33H44Cl2N4O5S/c1-3-27(22-37(2)45(42,43)28-11-12-28)39-31(23-7-9-25(34)10-8-23)29(24-5-4-6-26(35)19-24)20-33(32(39)41,21-30(36)40)13-14-38-15-17-44-18-16-38/h4-10,19,27-29,31H,3,11-18,20-22H2,1-2H3,(H2,36,40)/t27-,29+,31+,33+/m0/s1. The Balaban J connectivity index is 1.64. The van der Waals surface area contributed by atoms with Gasteiger partial charge in [0, 0.05) is 55.1 Å². The molecule has 246 valence electrons. The number of hydrogen-bond acceptors (Lipinski definition) is 6. The van der Waals surface area contributed by atoms with Gasteiger partial charge >= 0.3 is 0 Å². The van der Waals surface area contributed by atoms with E-state index in [0.717, 1.165) is 24.2 Å². The summed E-state index contributed by atoms with van der Waals surface area (Å²) in [5.74, 6) is -0.968. The lowest BCUT2D eigenvalue weighted by molar-refractivity contribution is -0.160. The molecule has 3 fully saturated rings. The van der Waals surface area contributed by atoms with Gasteiger partial charge in [0.15, 0.2) is 0 Å². The van der Waals surface area contributed by atoms with Crippen LogP contribution in [0.1, 0.15) is 68.5 Å². The molecule has 5 rings (SSSR count). The highest BCUT2D eigenvalue weighted by atomic mass is 35.5. The van der Waals surface area contributed by atoms with Crippen molar-refractivity contribution in [2.24, 2.45) is 11.1 Å². The Morgan fingerprint density at radius 2 is 1.78 bits per heavy atom. The molecule has 2 aliphatic heterocycles. The summed E-state index contributed by atoms with van der Waals surface area (Å²) in [5.41, 5.74) is 6.64. The van der Waals surface area contributed by atoms with Crippen molar-refractivity contribution < 1.29 is 22.7 Å². The van der Waals surface area contributed by atoms with Gasteiger partial charge in [0.2, 0.25) is 21.8 Å². The van der Waals surface area contributed by atoms with Crippen LogP contribution in [0.15, 0.2) is 48.5 Å². The molecule has 0 bridgehead atoms. The van der Waals surface area contributed by atoms with Crippen LogP contribution in [0.25, 0.3) is 0 Å². The van der Waals surface area contributed by atoms with E-state index in [1.807, 2.05) is 60.4 Å². The molecule has 2 aromatic rings. The van der Waals surface area contributed by atoms with Crippen molar-refractivity contribution in [3.63, 3.8) is 0 Å². The molecule has 2 saturated heterocycles. The van der Waals surface area contributed by atoms with Crippen LogP contribution >= 0.6 is 23.2 Å². The first-order chi connectivity index (χ1) is 21.4. The summed E-state index contributed by atoms with van der Waals surface area (Å²) in [6.07, 6.45) is 2.53. The number of likely N-dealkylation sites (tertiary alicyclic amines) is 1. The largest absolute Gasteiger partial charge is 0.379 e. The molecule has 2 amide bonds. The van der Waals surface area contributed by atoms with Crippen molar-refractivity contribution in [1.29, 1.82) is 0 Å². The van der Waals surface area contributed by atoms with Gasteiger partial charge in [0.25, 0.3) is 0 Å². The number of nitrogens with zero attached hydrogens (tertiary/aromatic N) is 3. The Morgan fingerprint density at radius 3 is 2.38 bits per heavy atom. The first kappa shape index (κ1) is 34.1. The second-order valence-electron chi connectivity index (χ2n) is 12.8. The molecular formula is C33H44Cl2N4O5S. The van der Waals surface area contributed by atoms with Crippen molar-refractivity contribution in [1.82, 2.24) is 14.1 Å². The molecule has 3 aliphatic rings. The van der Waals surface area contributed by atoms with Gasteiger partial charge in [0.1, 0.15) is 0 Å². The average Bonchev–Trinajstić information content (AvgIpc) is 3.87. The molecule has 0 aromatic heterocycles. The van der Waals surface area contributed by atoms with E-state index in [-0.39, 0.29) is 30.0 Å². The number of rotatable bonds is 13. The molecule has 0 radical (unpaired) electrons.